The van der Waals surface area contributed by atoms with Crippen LogP contribution in [0.15, 0.2) is 109 Å². The fourth-order valence-corrected chi connectivity index (χ4v) is 5.89. The predicted molar refractivity (Wildman–Crippen MR) is 162 cm³/mol. The van der Waals surface area contributed by atoms with Gasteiger partial charge < -0.3 is 30.2 Å². The molecule has 7 heteroatoms. The van der Waals surface area contributed by atoms with E-state index in [9.17, 15) is 25.2 Å². The van der Waals surface area contributed by atoms with Crippen LogP contribution in [0.5, 0.6) is 11.5 Å². The van der Waals surface area contributed by atoms with Crippen molar-refractivity contribution in [1.82, 2.24) is 9.80 Å². The Labute approximate surface area is 246 Å². The molecule has 0 bridgehead atoms. The largest absolute Gasteiger partial charge is 0.508 e. The van der Waals surface area contributed by atoms with E-state index in [1.54, 1.807) is 46.2 Å². The quantitative estimate of drug-likeness (QED) is 0.225. The first-order valence-corrected chi connectivity index (χ1v) is 14.5. The minimum Gasteiger partial charge on any atom is -0.508 e. The first-order valence-electron chi connectivity index (χ1n) is 14.5. The minimum absolute atomic E-state index is 0.154. The number of phenolic OH excluding ortho intramolecular Hbond substituents is 2. The molecule has 0 unspecified atom stereocenters. The van der Waals surface area contributed by atoms with Gasteiger partial charge in [-0.1, -0.05) is 84.9 Å². The molecule has 4 atom stereocenters. The summed E-state index contributed by atoms with van der Waals surface area (Å²) in [5, 5.41) is 43.5. The number of carbonyl (C=O) groups is 1. The van der Waals surface area contributed by atoms with Gasteiger partial charge >= 0.3 is 6.03 Å². The highest BCUT2D eigenvalue weighted by Crippen LogP contribution is 2.28. The van der Waals surface area contributed by atoms with E-state index in [4.69, 9.17) is 0 Å². The fraction of sp³-hybridized carbons (Fsp3) is 0.286. The average Bonchev–Trinajstić information content (AvgIpc) is 3.06. The highest BCUT2D eigenvalue weighted by Gasteiger charge is 2.46. The number of carbonyl (C=O) groups excluding carboxylic acids is 1. The number of phenols is 2. The summed E-state index contributed by atoms with van der Waals surface area (Å²) >= 11 is 0. The first-order chi connectivity index (χ1) is 20.4. The van der Waals surface area contributed by atoms with Crippen LogP contribution in [0.2, 0.25) is 0 Å². The van der Waals surface area contributed by atoms with E-state index in [2.05, 4.69) is 0 Å². The lowest BCUT2D eigenvalue weighted by Crippen LogP contribution is -2.52. The number of amides is 2. The van der Waals surface area contributed by atoms with Crippen LogP contribution in [-0.4, -0.2) is 73.6 Å². The minimum atomic E-state index is -1.20. The highest BCUT2D eigenvalue weighted by atomic mass is 16.3. The van der Waals surface area contributed by atoms with E-state index in [-0.39, 0.29) is 17.5 Å². The van der Waals surface area contributed by atoms with E-state index >= 15 is 0 Å². The Morgan fingerprint density at radius 1 is 0.524 bits per heavy atom. The van der Waals surface area contributed by atoms with Crippen molar-refractivity contribution in [3.8, 4) is 11.5 Å². The molecule has 4 N–H and O–H groups in total. The summed E-state index contributed by atoms with van der Waals surface area (Å²) in [6.07, 6.45) is -0.696. The zero-order valence-electron chi connectivity index (χ0n) is 23.5. The van der Waals surface area contributed by atoms with Crippen molar-refractivity contribution in [3.05, 3.63) is 131 Å². The molecule has 1 aliphatic rings. The van der Waals surface area contributed by atoms with E-state index in [0.29, 0.717) is 38.8 Å². The molecule has 0 spiro atoms. The van der Waals surface area contributed by atoms with Gasteiger partial charge in [-0.3, -0.25) is 0 Å². The Kier molecular flexibility index (Phi) is 9.41. The molecule has 4 aromatic rings. The number of aliphatic hydroxyl groups is 2. The molecule has 0 saturated carbocycles. The van der Waals surface area contributed by atoms with Crippen molar-refractivity contribution in [1.29, 1.82) is 0 Å². The zero-order valence-corrected chi connectivity index (χ0v) is 23.5. The molecule has 1 saturated heterocycles. The second-order valence-corrected chi connectivity index (χ2v) is 11.0. The number of hydrogen-bond acceptors (Lipinski definition) is 5. The van der Waals surface area contributed by atoms with Gasteiger partial charge in [0.05, 0.1) is 12.1 Å². The maximum atomic E-state index is 14.5. The standard InChI is InChI=1S/C35H38N2O5/c38-29-15-7-13-27(21-29)17-19-36-31(23-25-9-3-1-4-10-25)33(40)34(41)32(24-26-11-5-2-6-12-26)37(35(36)42)20-18-28-14-8-16-30(39)22-28/h1-16,21-22,31-34,38-41H,17-20,23-24H2/t31-,32-,33+,34+/m1/s1. The molecule has 4 aromatic carbocycles. The van der Waals surface area contributed by atoms with Gasteiger partial charge in [0, 0.05) is 13.1 Å². The molecule has 42 heavy (non-hydrogen) atoms. The maximum Gasteiger partial charge on any atom is 0.320 e. The molecule has 5 rings (SSSR count). The Balaban J connectivity index is 1.51. The van der Waals surface area contributed by atoms with Gasteiger partial charge in [0.25, 0.3) is 0 Å². The third kappa shape index (κ3) is 7.11. The Bertz CT molecular complexity index is 1340. The summed E-state index contributed by atoms with van der Waals surface area (Å²) < 4.78 is 0. The zero-order chi connectivity index (χ0) is 29.5. The summed E-state index contributed by atoms with van der Waals surface area (Å²) in [6, 6.07) is 31.7. The second-order valence-electron chi connectivity index (χ2n) is 11.0. The topological polar surface area (TPSA) is 104 Å². The summed E-state index contributed by atoms with van der Waals surface area (Å²) in [7, 11) is 0. The van der Waals surface area contributed by atoms with Crippen LogP contribution in [0.3, 0.4) is 0 Å². The van der Waals surface area contributed by atoms with Crippen molar-refractivity contribution in [2.24, 2.45) is 0 Å². The van der Waals surface area contributed by atoms with Gasteiger partial charge in [-0.25, -0.2) is 4.79 Å². The number of benzene rings is 4. The van der Waals surface area contributed by atoms with Crippen LogP contribution >= 0.6 is 0 Å². The van der Waals surface area contributed by atoms with Gasteiger partial charge in [-0.15, -0.1) is 0 Å². The number of hydrogen-bond donors (Lipinski definition) is 4. The highest BCUT2D eigenvalue weighted by molar-refractivity contribution is 5.76. The number of rotatable bonds is 10. The number of urea groups is 1. The lowest BCUT2D eigenvalue weighted by Gasteiger charge is -2.36. The summed E-state index contributed by atoms with van der Waals surface area (Å²) in [5.74, 6) is 0.309. The van der Waals surface area contributed by atoms with Crippen LogP contribution in [0.1, 0.15) is 22.3 Å². The molecule has 7 nitrogen and oxygen atoms in total. The Hall–Kier alpha value is -4.33. The van der Waals surface area contributed by atoms with E-state index in [1.807, 2.05) is 72.8 Å². The summed E-state index contributed by atoms with van der Waals surface area (Å²) in [4.78, 5) is 17.9. The molecular formula is C35H38N2O5. The fourth-order valence-electron chi connectivity index (χ4n) is 5.89. The smallest absolute Gasteiger partial charge is 0.320 e. The van der Waals surface area contributed by atoms with Crippen LogP contribution in [0.25, 0.3) is 0 Å². The molecule has 0 aliphatic carbocycles. The van der Waals surface area contributed by atoms with Crippen molar-refractivity contribution in [3.63, 3.8) is 0 Å². The van der Waals surface area contributed by atoms with Gasteiger partial charge in [-0.2, -0.15) is 0 Å². The number of aliphatic hydroxyl groups excluding tert-OH is 2. The summed E-state index contributed by atoms with van der Waals surface area (Å²) in [6.45, 7) is 0.592. The third-order valence-electron chi connectivity index (χ3n) is 8.11. The van der Waals surface area contributed by atoms with Crippen molar-refractivity contribution in [2.75, 3.05) is 13.1 Å². The maximum absolute atomic E-state index is 14.5. The molecular weight excluding hydrogens is 528 g/mol. The molecule has 1 fully saturated rings. The molecule has 0 radical (unpaired) electrons. The lowest BCUT2D eigenvalue weighted by molar-refractivity contribution is -0.0393. The number of nitrogens with zero attached hydrogens (tertiary/aromatic N) is 2. The monoisotopic (exact) mass is 566 g/mol. The molecule has 218 valence electrons. The van der Waals surface area contributed by atoms with Crippen molar-refractivity contribution in [2.45, 2.75) is 50.0 Å². The van der Waals surface area contributed by atoms with Crippen LogP contribution in [0, 0.1) is 0 Å². The third-order valence-corrected chi connectivity index (χ3v) is 8.11. The van der Waals surface area contributed by atoms with E-state index in [0.717, 1.165) is 22.3 Å². The SMILES string of the molecule is O=C1N(CCc2cccc(O)c2)[C@H](Cc2ccccc2)[C@H](O)[C@@H](O)[C@@H](Cc2ccccc2)N1CCc1cccc(O)c1. The normalized spacial score (nSPS) is 20.9. The molecule has 2 amide bonds. The van der Waals surface area contributed by atoms with Gasteiger partial charge in [0.1, 0.15) is 23.7 Å². The predicted octanol–water partition coefficient (Wildman–Crippen LogP) is 4.57. The Morgan fingerprint density at radius 3 is 1.29 bits per heavy atom. The Morgan fingerprint density at radius 2 is 0.905 bits per heavy atom. The van der Waals surface area contributed by atoms with Crippen LogP contribution in [0.4, 0.5) is 4.79 Å². The van der Waals surface area contributed by atoms with E-state index in [1.165, 1.54) is 0 Å². The molecule has 1 aliphatic heterocycles. The van der Waals surface area contributed by atoms with Crippen molar-refractivity contribution >= 4 is 6.03 Å². The van der Waals surface area contributed by atoms with Crippen LogP contribution < -0.4 is 0 Å². The lowest BCUT2D eigenvalue weighted by atomic mass is 9.91. The van der Waals surface area contributed by atoms with E-state index < -0.39 is 24.3 Å². The van der Waals surface area contributed by atoms with Gasteiger partial charge in [0.15, 0.2) is 0 Å². The average molecular weight is 567 g/mol. The van der Waals surface area contributed by atoms with Gasteiger partial charge in [-0.05, 0) is 72.2 Å². The van der Waals surface area contributed by atoms with Crippen molar-refractivity contribution < 1.29 is 25.2 Å². The molecule has 0 aromatic heterocycles. The van der Waals surface area contributed by atoms with Gasteiger partial charge in [0.2, 0.25) is 0 Å². The first kappa shape index (κ1) is 29.2. The number of aromatic hydroxyl groups is 2. The summed E-state index contributed by atoms with van der Waals surface area (Å²) in [5.41, 5.74) is 3.65. The molecule has 1 heterocycles. The second kappa shape index (κ2) is 13.6. The van der Waals surface area contributed by atoms with Crippen LogP contribution in [-0.2, 0) is 25.7 Å².